The van der Waals surface area contributed by atoms with Gasteiger partial charge in [0.15, 0.2) is 0 Å². The van der Waals surface area contributed by atoms with Crippen LogP contribution in [0.2, 0.25) is 0 Å². The molecule has 1 amide bonds. The molecule has 134 valence electrons. The van der Waals surface area contributed by atoms with Crippen molar-refractivity contribution >= 4 is 11.6 Å². The van der Waals surface area contributed by atoms with Crippen LogP contribution in [0.1, 0.15) is 5.56 Å². The van der Waals surface area contributed by atoms with Gasteiger partial charge in [-0.2, -0.15) is 0 Å². The van der Waals surface area contributed by atoms with E-state index in [1.165, 1.54) is 12.4 Å². The molecule has 2 aromatic heterocycles. The van der Waals surface area contributed by atoms with E-state index in [0.29, 0.717) is 11.4 Å². The third-order valence-corrected chi connectivity index (χ3v) is 4.22. The average molecular weight is 360 g/mol. The van der Waals surface area contributed by atoms with Gasteiger partial charge in [0.05, 0.1) is 18.4 Å². The molecule has 0 unspecified atom stereocenters. The highest BCUT2D eigenvalue weighted by atomic mass is 19.1. The van der Waals surface area contributed by atoms with Gasteiger partial charge in [0.25, 0.3) is 0 Å². The van der Waals surface area contributed by atoms with Gasteiger partial charge < -0.3 is 14.5 Å². The zero-order valence-electron chi connectivity index (χ0n) is 14.4. The maximum atomic E-state index is 14.3. The third kappa shape index (κ3) is 3.79. The zero-order valence-corrected chi connectivity index (χ0v) is 14.4. The van der Waals surface area contributed by atoms with Crippen molar-refractivity contribution in [3.8, 4) is 11.4 Å². The van der Waals surface area contributed by atoms with E-state index in [0.717, 1.165) is 11.3 Å². The lowest BCUT2D eigenvalue weighted by atomic mass is 10.1. The second-order valence-corrected chi connectivity index (χ2v) is 6.12. The lowest BCUT2D eigenvalue weighted by Crippen LogP contribution is -2.14. The molecule has 4 rings (SSSR count). The highest BCUT2D eigenvalue weighted by molar-refractivity contribution is 5.92. The SMILES string of the molecule is O=C(Cc1ccc(-n2cccc2)cc1)Nc1ccc(-n2ccnc2)c(F)c1. The lowest BCUT2D eigenvalue weighted by molar-refractivity contribution is -0.115. The minimum atomic E-state index is -0.429. The molecular weight excluding hydrogens is 343 g/mol. The predicted octanol–water partition coefficient (Wildman–Crippen LogP) is 3.98. The normalized spacial score (nSPS) is 10.7. The Labute approximate surface area is 155 Å². The Morgan fingerprint density at radius 3 is 2.44 bits per heavy atom. The molecule has 2 heterocycles. The Bertz CT molecular complexity index is 1040. The Hall–Kier alpha value is -3.67. The first-order chi connectivity index (χ1) is 13.2. The smallest absolute Gasteiger partial charge is 0.228 e. The number of hydrogen-bond donors (Lipinski definition) is 1. The summed E-state index contributed by atoms with van der Waals surface area (Å²) < 4.78 is 17.8. The van der Waals surface area contributed by atoms with Crippen LogP contribution in [0.3, 0.4) is 0 Å². The van der Waals surface area contributed by atoms with Crippen molar-refractivity contribution in [3.63, 3.8) is 0 Å². The van der Waals surface area contributed by atoms with Gasteiger partial charge in [0.2, 0.25) is 5.91 Å². The van der Waals surface area contributed by atoms with Crippen LogP contribution in [0.25, 0.3) is 11.4 Å². The van der Waals surface area contributed by atoms with E-state index in [1.54, 1.807) is 29.1 Å². The first kappa shape index (κ1) is 16.8. The molecule has 0 bridgehead atoms. The Balaban J connectivity index is 1.41. The van der Waals surface area contributed by atoms with Crippen LogP contribution in [-0.4, -0.2) is 20.0 Å². The summed E-state index contributed by atoms with van der Waals surface area (Å²) >= 11 is 0. The van der Waals surface area contributed by atoms with Gasteiger partial charge in [0, 0.05) is 36.2 Å². The van der Waals surface area contributed by atoms with Crippen molar-refractivity contribution in [1.82, 2.24) is 14.1 Å². The first-order valence-electron chi connectivity index (χ1n) is 8.49. The van der Waals surface area contributed by atoms with Crippen LogP contribution in [-0.2, 0) is 11.2 Å². The zero-order chi connectivity index (χ0) is 18.6. The number of benzene rings is 2. The number of hydrogen-bond acceptors (Lipinski definition) is 2. The molecule has 0 fully saturated rings. The molecule has 4 aromatic rings. The summed E-state index contributed by atoms with van der Waals surface area (Å²) in [6.07, 6.45) is 8.91. The number of halogens is 1. The number of imidazole rings is 1. The molecule has 0 aliphatic rings. The van der Waals surface area contributed by atoms with Crippen LogP contribution >= 0.6 is 0 Å². The van der Waals surface area contributed by atoms with Gasteiger partial charge in [0.1, 0.15) is 5.82 Å². The maximum absolute atomic E-state index is 14.3. The van der Waals surface area contributed by atoms with Crippen molar-refractivity contribution in [2.24, 2.45) is 0 Å². The highest BCUT2D eigenvalue weighted by Crippen LogP contribution is 2.18. The summed E-state index contributed by atoms with van der Waals surface area (Å²) in [6, 6.07) is 16.3. The number of nitrogens with zero attached hydrogens (tertiary/aromatic N) is 3. The van der Waals surface area contributed by atoms with E-state index >= 15 is 0 Å². The van der Waals surface area contributed by atoms with E-state index in [9.17, 15) is 9.18 Å². The molecule has 2 aromatic carbocycles. The van der Waals surface area contributed by atoms with Crippen LogP contribution < -0.4 is 5.32 Å². The fourth-order valence-corrected chi connectivity index (χ4v) is 2.88. The average Bonchev–Trinajstić information content (AvgIpc) is 3.36. The number of nitrogens with one attached hydrogen (secondary N) is 1. The summed E-state index contributed by atoms with van der Waals surface area (Å²) in [6.45, 7) is 0. The van der Waals surface area contributed by atoms with Gasteiger partial charge in [-0.3, -0.25) is 4.79 Å². The molecule has 0 aliphatic heterocycles. The lowest BCUT2D eigenvalue weighted by Gasteiger charge is -2.09. The van der Waals surface area contributed by atoms with Crippen molar-refractivity contribution in [3.05, 3.63) is 97.1 Å². The fourth-order valence-electron chi connectivity index (χ4n) is 2.88. The molecule has 0 saturated carbocycles. The minimum absolute atomic E-state index is 0.196. The van der Waals surface area contributed by atoms with Crippen molar-refractivity contribution < 1.29 is 9.18 Å². The van der Waals surface area contributed by atoms with Gasteiger partial charge >= 0.3 is 0 Å². The van der Waals surface area contributed by atoms with Crippen molar-refractivity contribution in [2.45, 2.75) is 6.42 Å². The second-order valence-electron chi connectivity index (χ2n) is 6.12. The van der Waals surface area contributed by atoms with E-state index < -0.39 is 5.82 Å². The van der Waals surface area contributed by atoms with E-state index in [-0.39, 0.29) is 12.3 Å². The Morgan fingerprint density at radius 2 is 1.78 bits per heavy atom. The molecule has 0 aliphatic carbocycles. The molecule has 1 N–H and O–H groups in total. The van der Waals surface area contributed by atoms with Crippen LogP contribution in [0.4, 0.5) is 10.1 Å². The monoisotopic (exact) mass is 360 g/mol. The van der Waals surface area contributed by atoms with Gasteiger partial charge in [-0.15, -0.1) is 0 Å². The number of aromatic nitrogens is 3. The molecule has 0 atom stereocenters. The summed E-state index contributed by atoms with van der Waals surface area (Å²) in [5.74, 6) is -0.625. The Morgan fingerprint density at radius 1 is 1.00 bits per heavy atom. The number of carbonyl (C=O) groups excluding carboxylic acids is 1. The van der Waals surface area contributed by atoms with Crippen molar-refractivity contribution in [1.29, 1.82) is 0 Å². The maximum Gasteiger partial charge on any atom is 0.228 e. The van der Waals surface area contributed by atoms with Crippen LogP contribution in [0, 0.1) is 5.82 Å². The van der Waals surface area contributed by atoms with Gasteiger partial charge in [-0.25, -0.2) is 9.37 Å². The number of rotatable bonds is 5. The van der Waals surface area contributed by atoms with E-state index in [4.69, 9.17) is 0 Å². The van der Waals surface area contributed by atoms with Crippen LogP contribution in [0.5, 0.6) is 0 Å². The summed E-state index contributed by atoms with van der Waals surface area (Å²) in [4.78, 5) is 16.2. The molecule has 5 nitrogen and oxygen atoms in total. The number of amides is 1. The summed E-state index contributed by atoms with van der Waals surface area (Å²) in [5, 5.41) is 2.74. The van der Waals surface area contributed by atoms with Crippen LogP contribution in [0.15, 0.2) is 85.7 Å². The van der Waals surface area contributed by atoms with Gasteiger partial charge in [-0.05, 0) is 48.0 Å². The second kappa shape index (κ2) is 7.29. The minimum Gasteiger partial charge on any atom is -0.326 e. The standard InChI is InChI=1S/C21H17FN4O/c22-19-14-17(5-8-20(19)26-12-9-23-15-26)24-21(27)13-16-3-6-18(7-4-16)25-10-1-2-11-25/h1-12,14-15H,13H2,(H,24,27). The summed E-state index contributed by atoms with van der Waals surface area (Å²) in [7, 11) is 0. The molecule has 0 saturated heterocycles. The Kier molecular flexibility index (Phi) is 4.53. The molecule has 0 spiro atoms. The van der Waals surface area contributed by atoms with E-state index in [1.807, 2.05) is 53.4 Å². The van der Waals surface area contributed by atoms with Gasteiger partial charge in [-0.1, -0.05) is 12.1 Å². The van der Waals surface area contributed by atoms with Crippen molar-refractivity contribution in [2.75, 3.05) is 5.32 Å². The quantitative estimate of drug-likeness (QED) is 0.585. The molecule has 27 heavy (non-hydrogen) atoms. The van der Waals surface area contributed by atoms with E-state index in [2.05, 4.69) is 10.3 Å². The topological polar surface area (TPSA) is 51.9 Å². The third-order valence-electron chi connectivity index (χ3n) is 4.22. The summed E-state index contributed by atoms with van der Waals surface area (Å²) in [5.41, 5.74) is 2.72. The largest absolute Gasteiger partial charge is 0.326 e. The fraction of sp³-hybridized carbons (Fsp3) is 0.0476. The molecule has 6 heteroatoms. The number of carbonyl (C=O) groups is 1. The first-order valence-corrected chi connectivity index (χ1v) is 8.49. The number of anilines is 1. The molecule has 0 radical (unpaired) electrons. The predicted molar refractivity (Wildman–Crippen MR) is 102 cm³/mol. The molecular formula is C21H17FN4O. The highest BCUT2D eigenvalue weighted by Gasteiger charge is 2.09.